The van der Waals surface area contributed by atoms with Gasteiger partial charge in [0, 0.05) is 6.42 Å². The lowest BCUT2D eigenvalue weighted by atomic mass is 9.68. The highest BCUT2D eigenvalue weighted by Gasteiger charge is 2.37. The molecule has 0 N–H and O–H groups in total. The molecule has 2 heteroatoms. The summed E-state index contributed by atoms with van der Waals surface area (Å²) in [5.41, 5.74) is 2.17. The lowest BCUT2D eigenvalue weighted by Crippen LogP contribution is -2.35. The van der Waals surface area contributed by atoms with E-state index in [9.17, 15) is 4.79 Å². The second kappa shape index (κ2) is 4.52. The van der Waals surface area contributed by atoms with Gasteiger partial charge >= 0.3 is 0 Å². The van der Waals surface area contributed by atoms with Crippen LogP contribution in [0.25, 0.3) is 0 Å². The largest absolute Gasteiger partial charge is 0.497 e. The van der Waals surface area contributed by atoms with Gasteiger partial charge in [-0.2, -0.15) is 0 Å². The van der Waals surface area contributed by atoms with Crippen LogP contribution in [0.1, 0.15) is 44.2 Å². The molecule has 2 nitrogen and oxygen atoms in total. The van der Waals surface area contributed by atoms with Crippen molar-refractivity contribution >= 4 is 5.78 Å². The van der Waals surface area contributed by atoms with Crippen molar-refractivity contribution in [3.8, 4) is 5.75 Å². The van der Waals surface area contributed by atoms with E-state index < -0.39 is 0 Å². The molecule has 0 radical (unpaired) electrons. The van der Waals surface area contributed by atoms with E-state index in [0.717, 1.165) is 25.0 Å². The van der Waals surface area contributed by atoms with Gasteiger partial charge in [0.2, 0.25) is 0 Å². The summed E-state index contributed by atoms with van der Waals surface area (Å²) in [6.45, 7) is 4.03. The Morgan fingerprint density at radius 2 is 2.24 bits per heavy atom. The van der Waals surface area contributed by atoms with Crippen molar-refractivity contribution in [1.82, 2.24) is 0 Å². The molecule has 2 rings (SSSR count). The molecule has 1 atom stereocenters. The third kappa shape index (κ3) is 1.97. The molecule has 0 fully saturated rings. The van der Waals surface area contributed by atoms with E-state index in [4.69, 9.17) is 4.74 Å². The van der Waals surface area contributed by atoms with Crippen LogP contribution in [0.15, 0.2) is 18.2 Å². The number of Topliss-reactive ketones (excluding diaryl/α,β-unsaturated/α-hetero) is 1. The van der Waals surface area contributed by atoms with E-state index in [1.807, 2.05) is 19.1 Å². The Balaban J connectivity index is 2.52. The molecule has 92 valence electrons. The monoisotopic (exact) mass is 232 g/mol. The number of benzene rings is 1. The number of ketones is 1. The van der Waals surface area contributed by atoms with Crippen LogP contribution in [0.3, 0.4) is 0 Å². The average molecular weight is 232 g/mol. The standard InChI is InChI=1S/C15H20O2/c1-4-14(16)15(2)9-5-6-11-7-8-12(17-3)10-13(11)15/h7-8,10H,4-6,9H2,1-3H3. The molecular formula is C15H20O2. The van der Waals surface area contributed by atoms with Gasteiger partial charge in [0.15, 0.2) is 0 Å². The fourth-order valence-electron chi connectivity index (χ4n) is 2.86. The Hall–Kier alpha value is -1.31. The molecule has 0 saturated heterocycles. The van der Waals surface area contributed by atoms with E-state index in [0.29, 0.717) is 12.2 Å². The maximum atomic E-state index is 12.2. The number of hydrogen-bond acceptors (Lipinski definition) is 2. The van der Waals surface area contributed by atoms with Gasteiger partial charge in [0.25, 0.3) is 0 Å². The molecule has 0 saturated carbocycles. The second-order valence-corrected chi connectivity index (χ2v) is 4.99. The number of carbonyl (C=O) groups is 1. The first-order valence-corrected chi connectivity index (χ1v) is 6.32. The highest BCUT2D eigenvalue weighted by molar-refractivity contribution is 5.90. The van der Waals surface area contributed by atoms with Crippen LogP contribution in [-0.2, 0) is 16.6 Å². The number of rotatable bonds is 3. The minimum atomic E-state index is -0.309. The van der Waals surface area contributed by atoms with Crippen LogP contribution in [-0.4, -0.2) is 12.9 Å². The summed E-state index contributed by atoms with van der Waals surface area (Å²) < 4.78 is 5.28. The van der Waals surface area contributed by atoms with Crippen LogP contribution < -0.4 is 4.74 Å². The van der Waals surface area contributed by atoms with E-state index in [-0.39, 0.29) is 5.41 Å². The van der Waals surface area contributed by atoms with Crippen LogP contribution in [0, 0.1) is 0 Å². The Bertz CT molecular complexity index is 437. The lowest BCUT2D eigenvalue weighted by Gasteiger charge is -2.34. The first-order chi connectivity index (χ1) is 8.11. The third-order valence-corrected chi connectivity index (χ3v) is 3.97. The number of hydrogen-bond donors (Lipinski definition) is 0. The zero-order chi connectivity index (χ0) is 12.5. The summed E-state index contributed by atoms with van der Waals surface area (Å²) >= 11 is 0. The quantitative estimate of drug-likeness (QED) is 0.799. The van der Waals surface area contributed by atoms with Gasteiger partial charge in [0.05, 0.1) is 12.5 Å². The van der Waals surface area contributed by atoms with Crippen molar-refractivity contribution in [1.29, 1.82) is 0 Å². The molecule has 0 aromatic heterocycles. The summed E-state index contributed by atoms with van der Waals surface area (Å²) in [6, 6.07) is 6.14. The summed E-state index contributed by atoms with van der Waals surface area (Å²) in [5.74, 6) is 1.19. The molecule has 0 heterocycles. The van der Waals surface area contributed by atoms with Crippen molar-refractivity contribution < 1.29 is 9.53 Å². The van der Waals surface area contributed by atoms with Gasteiger partial charge in [-0.3, -0.25) is 4.79 Å². The van der Waals surface area contributed by atoms with Gasteiger partial charge in [-0.1, -0.05) is 13.0 Å². The summed E-state index contributed by atoms with van der Waals surface area (Å²) in [6.07, 6.45) is 3.74. The first-order valence-electron chi connectivity index (χ1n) is 6.32. The van der Waals surface area contributed by atoms with Crippen LogP contribution in [0.4, 0.5) is 0 Å². The SMILES string of the molecule is CCC(=O)C1(C)CCCc2ccc(OC)cc21. The van der Waals surface area contributed by atoms with E-state index >= 15 is 0 Å². The number of aryl methyl sites for hydroxylation is 1. The Kier molecular flexibility index (Phi) is 3.23. The molecule has 1 aliphatic carbocycles. The smallest absolute Gasteiger partial charge is 0.142 e. The molecule has 1 aromatic rings. The maximum Gasteiger partial charge on any atom is 0.142 e. The molecule has 1 unspecified atom stereocenters. The van der Waals surface area contributed by atoms with Crippen LogP contribution >= 0.6 is 0 Å². The Morgan fingerprint density at radius 3 is 2.88 bits per heavy atom. The molecule has 1 aromatic carbocycles. The van der Waals surface area contributed by atoms with Crippen molar-refractivity contribution in [3.63, 3.8) is 0 Å². The summed E-state index contributed by atoms with van der Waals surface area (Å²) in [4.78, 5) is 12.2. The van der Waals surface area contributed by atoms with Gasteiger partial charge in [-0.05, 0) is 49.4 Å². The van der Waals surface area contributed by atoms with Crippen LogP contribution in [0.5, 0.6) is 5.75 Å². The summed E-state index contributed by atoms with van der Waals surface area (Å²) in [7, 11) is 1.67. The molecular weight excluding hydrogens is 212 g/mol. The van der Waals surface area contributed by atoms with E-state index in [1.165, 1.54) is 11.1 Å². The zero-order valence-corrected chi connectivity index (χ0v) is 10.9. The molecule has 1 aliphatic rings. The highest BCUT2D eigenvalue weighted by atomic mass is 16.5. The number of fused-ring (bicyclic) bond motifs is 1. The fraction of sp³-hybridized carbons (Fsp3) is 0.533. The minimum absolute atomic E-state index is 0.309. The van der Waals surface area contributed by atoms with Gasteiger partial charge in [-0.15, -0.1) is 0 Å². The number of carbonyl (C=O) groups excluding carboxylic acids is 1. The second-order valence-electron chi connectivity index (χ2n) is 4.99. The van der Waals surface area contributed by atoms with Crippen molar-refractivity contribution in [2.75, 3.05) is 7.11 Å². The van der Waals surface area contributed by atoms with Crippen molar-refractivity contribution in [2.45, 2.75) is 44.9 Å². The van der Waals surface area contributed by atoms with Gasteiger partial charge in [-0.25, -0.2) is 0 Å². The Labute approximate surface area is 103 Å². The zero-order valence-electron chi connectivity index (χ0n) is 10.9. The molecule has 0 spiro atoms. The van der Waals surface area contributed by atoms with Crippen LogP contribution in [0.2, 0.25) is 0 Å². The van der Waals surface area contributed by atoms with Crippen molar-refractivity contribution in [3.05, 3.63) is 29.3 Å². The van der Waals surface area contributed by atoms with Gasteiger partial charge in [0.1, 0.15) is 11.5 Å². The normalized spacial score (nSPS) is 23.0. The van der Waals surface area contributed by atoms with E-state index in [2.05, 4.69) is 13.0 Å². The summed E-state index contributed by atoms with van der Waals surface area (Å²) in [5, 5.41) is 0. The molecule has 17 heavy (non-hydrogen) atoms. The predicted molar refractivity (Wildman–Crippen MR) is 68.6 cm³/mol. The molecule has 0 amide bonds. The number of methoxy groups -OCH3 is 1. The fourth-order valence-corrected chi connectivity index (χ4v) is 2.86. The predicted octanol–water partition coefficient (Wildman–Crippen LogP) is 3.27. The minimum Gasteiger partial charge on any atom is -0.497 e. The number of ether oxygens (including phenoxy) is 1. The van der Waals surface area contributed by atoms with Gasteiger partial charge < -0.3 is 4.74 Å². The highest BCUT2D eigenvalue weighted by Crippen LogP contribution is 2.40. The molecule has 0 bridgehead atoms. The molecule has 0 aliphatic heterocycles. The van der Waals surface area contributed by atoms with Crippen molar-refractivity contribution in [2.24, 2.45) is 0 Å². The van der Waals surface area contributed by atoms with E-state index in [1.54, 1.807) is 7.11 Å². The third-order valence-electron chi connectivity index (χ3n) is 3.97. The Morgan fingerprint density at radius 1 is 1.47 bits per heavy atom. The lowest BCUT2D eigenvalue weighted by molar-refractivity contribution is -0.124. The maximum absolute atomic E-state index is 12.2. The first kappa shape index (κ1) is 12.2. The topological polar surface area (TPSA) is 26.3 Å². The average Bonchev–Trinajstić information content (AvgIpc) is 2.37.